The molecular formula is C14H23N3O2S. The van der Waals surface area contributed by atoms with Gasteiger partial charge in [0.15, 0.2) is 9.84 Å². The summed E-state index contributed by atoms with van der Waals surface area (Å²) in [5.41, 5.74) is 0. The molecule has 1 aliphatic rings. The lowest BCUT2D eigenvalue weighted by Gasteiger charge is -2.33. The molecule has 20 heavy (non-hydrogen) atoms. The van der Waals surface area contributed by atoms with Gasteiger partial charge >= 0.3 is 0 Å². The summed E-state index contributed by atoms with van der Waals surface area (Å²) in [6.07, 6.45) is 5.06. The molecule has 0 radical (unpaired) electrons. The summed E-state index contributed by atoms with van der Waals surface area (Å²) in [5, 5.41) is 3.38. The quantitative estimate of drug-likeness (QED) is 0.888. The van der Waals surface area contributed by atoms with Crippen LogP contribution in [0.15, 0.2) is 23.2 Å². The molecule has 5 nitrogen and oxygen atoms in total. The molecule has 1 fully saturated rings. The molecule has 2 heterocycles. The maximum absolute atomic E-state index is 11.8. The van der Waals surface area contributed by atoms with Gasteiger partial charge in [-0.05, 0) is 44.0 Å². The largest absolute Gasteiger partial charge is 0.356 e. The molecule has 0 saturated carbocycles. The van der Waals surface area contributed by atoms with E-state index in [1.165, 1.54) is 6.26 Å². The van der Waals surface area contributed by atoms with Crippen molar-refractivity contribution in [1.82, 2.24) is 10.3 Å². The Labute approximate surface area is 121 Å². The van der Waals surface area contributed by atoms with Crippen LogP contribution in [0.4, 0.5) is 5.82 Å². The third-order valence-corrected chi connectivity index (χ3v) is 4.87. The van der Waals surface area contributed by atoms with Crippen LogP contribution in [0.2, 0.25) is 0 Å². The van der Waals surface area contributed by atoms with E-state index < -0.39 is 9.84 Å². The number of hydrogen-bond donors (Lipinski definition) is 1. The highest BCUT2D eigenvalue weighted by atomic mass is 32.2. The highest BCUT2D eigenvalue weighted by Gasteiger charge is 2.24. The number of pyridine rings is 1. The van der Waals surface area contributed by atoms with E-state index >= 15 is 0 Å². The fraction of sp³-hybridized carbons (Fsp3) is 0.643. The standard InChI is InChI=1S/C14H23N3O2S/c1-3-15-11-12-6-9-17(10-7-12)14-13(20(2,18)19)5-4-8-16-14/h4-5,8,12,15H,3,6-7,9-11H2,1-2H3. The summed E-state index contributed by atoms with van der Waals surface area (Å²) in [6.45, 7) is 5.90. The molecular weight excluding hydrogens is 274 g/mol. The molecule has 0 bridgehead atoms. The van der Waals surface area contributed by atoms with Crippen molar-refractivity contribution in [2.75, 3.05) is 37.3 Å². The van der Waals surface area contributed by atoms with Gasteiger partial charge in [0.1, 0.15) is 10.7 Å². The number of anilines is 1. The predicted octanol–water partition coefficient (Wildman–Crippen LogP) is 1.31. The molecule has 0 aromatic carbocycles. The zero-order valence-corrected chi connectivity index (χ0v) is 13.0. The zero-order chi connectivity index (χ0) is 14.6. The molecule has 1 N–H and O–H groups in total. The first-order chi connectivity index (χ1) is 9.52. The molecule has 1 aliphatic heterocycles. The molecule has 0 amide bonds. The third kappa shape index (κ3) is 3.70. The summed E-state index contributed by atoms with van der Waals surface area (Å²) >= 11 is 0. The van der Waals surface area contributed by atoms with Crippen molar-refractivity contribution in [2.24, 2.45) is 5.92 Å². The Morgan fingerprint density at radius 1 is 1.40 bits per heavy atom. The average Bonchev–Trinajstić information content (AvgIpc) is 2.45. The minimum atomic E-state index is -3.23. The first-order valence-electron chi connectivity index (χ1n) is 7.13. The minimum absolute atomic E-state index is 0.338. The van der Waals surface area contributed by atoms with E-state index in [9.17, 15) is 8.42 Å². The number of hydrogen-bond acceptors (Lipinski definition) is 5. The Balaban J connectivity index is 2.08. The van der Waals surface area contributed by atoms with Crippen LogP contribution < -0.4 is 10.2 Å². The average molecular weight is 297 g/mol. The van der Waals surface area contributed by atoms with Crippen molar-refractivity contribution in [1.29, 1.82) is 0 Å². The van der Waals surface area contributed by atoms with Gasteiger partial charge in [-0.15, -0.1) is 0 Å². The highest BCUT2D eigenvalue weighted by molar-refractivity contribution is 7.90. The Hall–Kier alpha value is -1.14. The van der Waals surface area contributed by atoms with Crippen molar-refractivity contribution >= 4 is 15.7 Å². The summed E-state index contributed by atoms with van der Waals surface area (Å²) in [6, 6.07) is 3.32. The van der Waals surface area contributed by atoms with E-state index in [0.717, 1.165) is 39.0 Å². The molecule has 0 aliphatic carbocycles. The molecule has 1 aromatic heterocycles. The number of nitrogens with zero attached hydrogens (tertiary/aromatic N) is 2. The maximum Gasteiger partial charge on any atom is 0.179 e. The van der Waals surface area contributed by atoms with E-state index in [0.29, 0.717) is 16.6 Å². The van der Waals surface area contributed by atoms with Crippen LogP contribution >= 0.6 is 0 Å². The lowest BCUT2D eigenvalue weighted by molar-refractivity contribution is 0.384. The third-order valence-electron chi connectivity index (χ3n) is 3.75. The van der Waals surface area contributed by atoms with Gasteiger partial charge in [-0.3, -0.25) is 0 Å². The van der Waals surface area contributed by atoms with Gasteiger partial charge in [0.05, 0.1) is 0 Å². The van der Waals surface area contributed by atoms with Gasteiger partial charge in [-0.1, -0.05) is 6.92 Å². The number of sulfone groups is 1. The highest BCUT2D eigenvalue weighted by Crippen LogP contribution is 2.26. The fourth-order valence-electron chi connectivity index (χ4n) is 2.61. The van der Waals surface area contributed by atoms with Gasteiger partial charge in [0, 0.05) is 25.5 Å². The molecule has 112 valence electrons. The maximum atomic E-state index is 11.8. The number of rotatable bonds is 5. The van der Waals surface area contributed by atoms with E-state index in [2.05, 4.69) is 22.1 Å². The molecule has 0 spiro atoms. The second kappa shape index (κ2) is 6.54. The Bertz CT molecular complexity index is 537. The minimum Gasteiger partial charge on any atom is -0.356 e. The zero-order valence-electron chi connectivity index (χ0n) is 12.2. The van der Waals surface area contributed by atoms with E-state index in [-0.39, 0.29) is 0 Å². The SMILES string of the molecule is CCNCC1CCN(c2ncccc2S(C)(=O)=O)CC1. The van der Waals surface area contributed by atoms with Gasteiger partial charge < -0.3 is 10.2 Å². The molecule has 6 heteroatoms. The Morgan fingerprint density at radius 2 is 2.10 bits per heavy atom. The summed E-state index contributed by atoms with van der Waals surface area (Å²) < 4.78 is 23.7. The number of aromatic nitrogens is 1. The predicted molar refractivity (Wildman–Crippen MR) is 80.8 cm³/mol. The normalized spacial score (nSPS) is 17.4. The summed E-state index contributed by atoms with van der Waals surface area (Å²) in [5.74, 6) is 1.29. The van der Waals surface area contributed by atoms with Crippen LogP contribution in [-0.2, 0) is 9.84 Å². The summed E-state index contributed by atoms with van der Waals surface area (Å²) in [4.78, 5) is 6.72. The van der Waals surface area contributed by atoms with Crippen LogP contribution in [-0.4, -0.2) is 45.8 Å². The van der Waals surface area contributed by atoms with Crippen LogP contribution in [0.1, 0.15) is 19.8 Å². The van der Waals surface area contributed by atoms with Crippen LogP contribution in [0.5, 0.6) is 0 Å². The van der Waals surface area contributed by atoms with Crippen LogP contribution in [0.3, 0.4) is 0 Å². The van der Waals surface area contributed by atoms with Gasteiger partial charge in [0.25, 0.3) is 0 Å². The lowest BCUT2D eigenvalue weighted by Crippen LogP contribution is -2.38. The second-order valence-corrected chi connectivity index (χ2v) is 7.32. The van der Waals surface area contributed by atoms with Crippen molar-refractivity contribution < 1.29 is 8.42 Å². The van der Waals surface area contributed by atoms with E-state index in [1.807, 2.05) is 0 Å². The summed E-state index contributed by atoms with van der Waals surface area (Å²) in [7, 11) is -3.23. The van der Waals surface area contributed by atoms with Gasteiger partial charge in [0.2, 0.25) is 0 Å². The topological polar surface area (TPSA) is 62.3 Å². The van der Waals surface area contributed by atoms with Gasteiger partial charge in [-0.25, -0.2) is 13.4 Å². The smallest absolute Gasteiger partial charge is 0.179 e. The monoisotopic (exact) mass is 297 g/mol. The van der Waals surface area contributed by atoms with Crippen molar-refractivity contribution in [2.45, 2.75) is 24.7 Å². The first kappa shape index (κ1) is 15.3. The van der Waals surface area contributed by atoms with Crippen molar-refractivity contribution in [3.63, 3.8) is 0 Å². The Kier molecular flexibility index (Phi) is 4.99. The molecule has 0 unspecified atom stereocenters. The van der Waals surface area contributed by atoms with Crippen LogP contribution in [0.25, 0.3) is 0 Å². The fourth-order valence-corrected chi connectivity index (χ4v) is 3.45. The number of piperidine rings is 1. The van der Waals surface area contributed by atoms with E-state index in [4.69, 9.17) is 0 Å². The molecule has 2 rings (SSSR count). The van der Waals surface area contributed by atoms with Crippen molar-refractivity contribution in [3.8, 4) is 0 Å². The molecule has 1 aromatic rings. The molecule has 0 atom stereocenters. The molecule has 1 saturated heterocycles. The Morgan fingerprint density at radius 3 is 2.70 bits per heavy atom. The van der Waals surface area contributed by atoms with Crippen molar-refractivity contribution in [3.05, 3.63) is 18.3 Å². The second-order valence-electron chi connectivity index (χ2n) is 5.34. The van der Waals surface area contributed by atoms with E-state index in [1.54, 1.807) is 18.3 Å². The lowest BCUT2D eigenvalue weighted by atomic mass is 9.97. The number of nitrogens with one attached hydrogen (secondary N) is 1. The van der Waals surface area contributed by atoms with Crippen LogP contribution in [0, 0.1) is 5.92 Å². The van der Waals surface area contributed by atoms with Gasteiger partial charge in [-0.2, -0.15) is 0 Å². The first-order valence-corrected chi connectivity index (χ1v) is 9.02.